The average molecular weight is 438 g/mol. The summed E-state index contributed by atoms with van der Waals surface area (Å²) in [6.07, 6.45) is 3.55. The Balaban J connectivity index is 1.96. The van der Waals surface area contributed by atoms with Gasteiger partial charge in [-0.15, -0.1) is 6.58 Å². The van der Waals surface area contributed by atoms with Crippen molar-refractivity contribution in [2.24, 2.45) is 11.8 Å². The van der Waals surface area contributed by atoms with Gasteiger partial charge in [0.25, 0.3) is 0 Å². The van der Waals surface area contributed by atoms with E-state index < -0.39 is 0 Å². The quantitative estimate of drug-likeness (QED) is 0.285. The van der Waals surface area contributed by atoms with Crippen molar-refractivity contribution in [3.8, 4) is 16.9 Å². The third kappa shape index (κ3) is 4.23. The van der Waals surface area contributed by atoms with Crippen LogP contribution in [0.4, 0.5) is 5.69 Å². The van der Waals surface area contributed by atoms with Crippen LogP contribution < -0.4 is 10.1 Å². The molecule has 0 bridgehead atoms. The molecule has 3 nitrogen and oxygen atoms in total. The smallest absolute Gasteiger partial charge is 0.228 e. The van der Waals surface area contributed by atoms with Crippen LogP contribution in [0.2, 0.25) is 0 Å². The number of amides is 1. The van der Waals surface area contributed by atoms with Crippen LogP contribution in [-0.4, -0.2) is 13.0 Å². The van der Waals surface area contributed by atoms with E-state index in [0.29, 0.717) is 0 Å². The third-order valence-electron chi connectivity index (χ3n) is 6.62. The molecule has 0 aliphatic carbocycles. The number of benzene rings is 4. The normalized spacial score (nSPS) is 12.9. The van der Waals surface area contributed by atoms with Crippen LogP contribution in [-0.2, 0) is 4.79 Å². The topological polar surface area (TPSA) is 38.3 Å². The molecule has 0 aliphatic heterocycles. The number of hydrogen-bond donors (Lipinski definition) is 1. The summed E-state index contributed by atoms with van der Waals surface area (Å²) < 4.78 is 5.83. The Morgan fingerprint density at radius 2 is 1.48 bits per heavy atom. The van der Waals surface area contributed by atoms with Crippen LogP contribution in [0.1, 0.15) is 26.7 Å². The summed E-state index contributed by atoms with van der Waals surface area (Å²) in [6.45, 7) is 8.12. The molecule has 1 N–H and O–H groups in total. The zero-order valence-corrected chi connectivity index (χ0v) is 19.6. The highest BCUT2D eigenvalue weighted by Gasteiger charge is 2.25. The summed E-state index contributed by atoms with van der Waals surface area (Å²) in [5.74, 6) is 0.831. The van der Waals surface area contributed by atoms with Crippen LogP contribution in [0.15, 0.2) is 85.5 Å². The number of fused-ring (bicyclic) bond motifs is 2. The molecule has 4 aromatic rings. The number of carbonyl (C=O) groups excluding carboxylic acids is 1. The zero-order valence-electron chi connectivity index (χ0n) is 19.6. The number of carbonyl (C=O) groups is 1. The maximum atomic E-state index is 13.5. The highest BCUT2D eigenvalue weighted by Crippen LogP contribution is 2.44. The van der Waals surface area contributed by atoms with E-state index in [2.05, 4.69) is 62.1 Å². The lowest BCUT2D eigenvalue weighted by molar-refractivity contribution is -0.121. The molecule has 4 aromatic carbocycles. The lowest BCUT2D eigenvalue weighted by atomic mass is 9.86. The number of anilines is 1. The minimum Gasteiger partial charge on any atom is -0.496 e. The van der Waals surface area contributed by atoms with Crippen molar-refractivity contribution in [2.45, 2.75) is 26.7 Å². The standard InChI is InChI=1S/C30H31NO2/c1-5-20(6-2)23(7-3)30(32)31-26-18-16-21-12-8-10-14-24(21)28(26)29-25-15-11-9-13-22(25)17-19-27(29)33-4/h5,8-20,23H,1,6-7H2,2-4H3,(H,31,32)/t20-,23-/m0/s1. The van der Waals surface area contributed by atoms with Crippen molar-refractivity contribution in [2.75, 3.05) is 12.4 Å². The van der Waals surface area contributed by atoms with E-state index in [0.717, 1.165) is 57.0 Å². The van der Waals surface area contributed by atoms with E-state index in [9.17, 15) is 4.79 Å². The van der Waals surface area contributed by atoms with Gasteiger partial charge in [0.15, 0.2) is 0 Å². The monoisotopic (exact) mass is 437 g/mol. The lowest BCUT2D eigenvalue weighted by Crippen LogP contribution is -2.28. The molecule has 1 amide bonds. The first-order valence-electron chi connectivity index (χ1n) is 11.6. The second-order valence-corrected chi connectivity index (χ2v) is 8.39. The minimum atomic E-state index is -0.124. The number of methoxy groups -OCH3 is 1. The SMILES string of the molecule is C=C[C@@H](CC)[C@H](CC)C(=O)Nc1ccc2ccccc2c1-c1c(OC)ccc2ccccc12. The van der Waals surface area contributed by atoms with Crippen molar-refractivity contribution in [3.63, 3.8) is 0 Å². The molecular weight excluding hydrogens is 406 g/mol. The molecule has 168 valence electrons. The first-order valence-corrected chi connectivity index (χ1v) is 11.6. The molecule has 0 spiro atoms. The van der Waals surface area contributed by atoms with E-state index in [1.165, 1.54) is 0 Å². The largest absolute Gasteiger partial charge is 0.496 e. The van der Waals surface area contributed by atoms with Crippen molar-refractivity contribution >= 4 is 33.1 Å². The van der Waals surface area contributed by atoms with Gasteiger partial charge in [-0.05, 0) is 52.4 Å². The summed E-state index contributed by atoms with van der Waals surface area (Å²) in [4.78, 5) is 13.5. The number of allylic oxidation sites excluding steroid dienone is 1. The number of ether oxygens (including phenoxy) is 1. The molecule has 2 atom stereocenters. The van der Waals surface area contributed by atoms with Crippen molar-refractivity contribution in [1.29, 1.82) is 0 Å². The fraction of sp³-hybridized carbons (Fsp3) is 0.233. The van der Waals surface area contributed by atoms with Gasteiger partial charge in [-0.1, -0.05) is 80.6 Å². The van der Waals surface area contributed by atoms with Crippen molar-refractivity contribution in [1.82, 2.24) is 0 Å². The van der Waals surface area contributed by atoms with E-state index in [-0.39, 0.29) is 17.7 Å². The van der Waals surface area contributed by atoms with Gasteiger partial charge in [0.05, 0.1) is 7.11 Å². The molecule has 0 saturated carbocycles. The first-order chi connectivity index (χ1) is 16.1. The number of nitrogens with one attached hydrogen (secondary N) is 1. The van der Waals surface area contributed by atoms with Crippen LogP contribution >= 0.6 is 0 Å². The Hall–Kier alpha value is -3.59. The molecule has 0 saturated heterocycles. The highest BCUT2D eigenvalue weighted by molar-refractivity contribution is 6.13. The molecule has 0 radical (unpaired) electrons. The Morgan fingerprint density at radius 3 is 2.06 bits per heavy atom. The molecule has 0 heterocycles. The van der Waals surface area contributed by atoms with E-state index >= 15 is 0 Å². The van der Waals surface area contributed by atoms with Gasteiger partial charge in [0, 0.05) is 22.7 Å². The average Bonchev–Trinajstić information content (AvgIpc) is 2.86. The fourth-order valence-electron chi connectivity index (χ4n) is 4.85. The molecule has 0 aromatic heterocycles. The summed E-state index contributed by atoms with van der Waals surface area (Å²) in [5.41, 5.74) is 2.77. The Kier molecular flexibility index (Phi) is 6.79. The van der Waals surface area contributed by atoms with E-state index in [1.807, 2.05) is 42.5 Å². The molecular formula is C30H31NO2. The van der Waals surface area contributed by atoms with Crippen LogP contribution in [0.3, 0.4) is 0 Å². The molecule has 0 fully saturated rings. The Labute approximate surface area is 196 Å². The summed E-state index contributed by atoms with van der Waals surface area (Å²) in [5, 5.41) is 7.69. The molecule has 33 heavy (non-hydrogen) atoms. The van der Waals surface area contributed by atoms with E-state index in [4.69, 9.17) is 4.74 Å². The fourth-order valence-corrected chi connectivity index (χ4v) is 4.85. The number of hydrogen-bond acceptors (Lipinski definition) is 2. The van der Waals surface area contributed by atoms with E-state index in [1.54, 1.807) is 7.11 Å². The van der Waals surface area contributed by atoms with Gasteiger partial charge in [-0.3, -0.25) is 4.79 Å². The summed E-state index contributed by atoms with van der Waals surface area (Å²) in [6, 6.07) is 24.7. The molecule has 4 rings (SSSR count). The second-order valence-electron chi connectivity index (χ2n) is 8.39. The Bertz CT molecular complexity index is 1310. The van der Waals surface area contributed by atoms with Gasteiger partial charge in [-0.2, -0.15) is 0 Å². The predicted molar refractivity (Wildman–Crippen MR) is 140 cm³/mol. The maximum absolute atomic E-state index is 13.5. The van der Waals surface area contributed by atoms with Crippen molar-refractivity contribution < 1.29 is 9.53 Å². The second kappa shape index (κ2) is 9.91. The minimum absolute atomic E-state index is 0.0278. The van der Waals surface area contributed by atoms with Crippen LogP contribution in [0.5, 0.6) is 5.75 Å². The zero-order chi connectivity index (χ0) is 23.4. The van der Waals surface area contributed by atoms with Crippen molar-refractivity contribution in [3.05, 3.63) is 85.5 Å². The van der Waals surface area contributed by atoms with Crippen LogP contribution in [0.25, 0.3) is 32.7 Å². The predicted octanol–water partition coefficient (Wildman–Crippen LogP) is 7.85. The molecule has 3 heteroatoms. The molecule has 0 aliphatic rings. The van der Waals surface area contributed by atoms with Gasteiger partial charge in [0.1, 0.15) is 5.75 Å². The number of rotatable bonds is 8. The summed E-state index contributed by atoms with van der Waals surface area (Å²) in [7, 11) is 1.69. The maximum Gasteiger partial charge on any atom is 0.228 e. The van der Waals surface area contributed by atoms with Gasteiger partial charge in [0.2, 0.25) is 5.91 Å². The highest BCUT2D eigenvalue weighted by atomic mass is 16.5. The van der Waals surface area contributed by atoms with Crippen LogP contribution in [0, 0.1) is 11.8 Å². The van der Waals surface area contributed by atoms with Gasteiger partial charge < -0.3 is 10.1 Å². The third-order valence-corrected chi connectivity index (χ3v) is 6.62. The van der Waals surface area contributed by atoms with Gasteiger partial charge >= 0.3 is 0 Å². The first kappa shape index (κ1) is 22.6. The van der Waals surface area contributed by atoms with Gasteiger partial charge in [-0.25, -0.2) is 0 Å². The molecule has 0 unspecified atom stereocenters. The lowest BCUT2D eigenvalue weighted by Gasteiger charge is -2.23. The Morgan fingerprint density at radius 1 is 0.879 bits per heavy atom. The summed E-state index contributed by atoms with van der Waals surface area (Å²) >= 11 is 0.